The zero-order valence-corrected chi connectivity index (χ0v) is 9.33. The van der Waals surface area contributed by atoms with Crippen LogP contribution in [0.15, 0.2) is 42.7 Å². The molecule has 0 saturated carbocycles. The van der Waals surface area contributed by atoms with Gasteiger partial charge in [-0.3, -0.25) is 14.6 Å². The molecule has 90 valence electrons. The minimum atomic E-state index is -0.653. The molecule has 6 heteroatoms. The first kappa shape index (κ1) is 11.7. The first-order valence-electron chi connectivity index (χ1n) is 5.15. The number of anilines is 1. The van der Waals surface area contributed by atoms with E-state index in [1.165, 1.54) is 18.5 Å². The molecule has 3 N–H and O–H groups in total. The predicted octanol–water partition coefficient (Wildman–Crippen LogP) is 0.828. The average Bonchev–Trinajstić information content (AvgIpc) is 2.40. The fourth-order valence-electron chi connectivity index (χ4n) is 1.37. The van der Waals surface area contributed by atoms with Crippen LogP contribution < -0.4 is 11.1 Å². The molecular weight excluding hydrogens is 232 g/mol. The molecule has 0 aliphatic rings. The van der Waals surface area contributed by atoms with Crippen molar-refractivity contribution in [2.75, 3.05) is 5.32 Å². The Morgan fingerprint density at radius 2 is 1.83 bits per heavy atom. The van der Waals surface area contributed by atoms with E-state index in [-0.39, 0.29) is 17.1 Å². The van der Waals surface area contributed by atoms with Crippen LogP contribution in [-0.2, 0) is 0 Å². The summed E-state index contributed by atoms with van der Waals surface area (Å²) in [6.45, 7) is 0. The van der Waals surface area contributed by atoms with E-state index < -0.39 is 11.8 Å². The van der Waals surface area contributed by atoms with Gasteiger partial charge in [-0.15, -0.1) is 0 Å². The maximum absolute atomic E-state index is 11.8. The lowest BCUT2D eigenvalue weighted by atomic mass is 10.2. The van der Waals surface area contributed by atoms with Crippen molar-refractivity contribution in [3.63, 3.8) is 0 Å². The highest BCUT2D eigenvalue weighted by Crippen LogP contribution is 2.11. The molecule has 2 aromatic rings. The molecular formula is C12H10N4O2. The highest BCUT2D eigenvalue weighted by atomic mass is 16.2. The van der Waals surface area contributed by atoms with Crippen molar-refractivity contribution in [1.82, 2.24) is 9.97 Å². The molecule has 0 aliphatic heterocycles. The van der Waals surface area contributed by atoms with Gasteiger partial charge in [-0.2, -0.15) is 0 Å². The number of nitrogens with two attached hydrogens (primary N) is 1. The lowest BCUT2D eigenvalue weighted by Gasteiger charge is -2.06. The van der Waals surface area contributed by atoms with E-state index in [4.69, 9.17) is 5.73 Å². The highest BCUT2D eigenvalue weighted by molar-refractivity contribution is 6.06. The first-order valence-corrected chi connectivity index (χ1v) is 5.15. The Kier molecular flexibility index (Phi) is 3.29. The number of carbonyl (C=O) groups excluding carboxylic acids is 2. The summed E-state index contributed by atoms with van der Waals surface area (Å²) in [4.78, 5) is 30.8. The van der Waals surface area contributed by atoms with Crippen molar-refractivity contribution in [3.8, 4) is 0 Å². The van der Waals surface area contributed by atoms with Gasteiger partial charge in [-0.1, -0.05) is 6.07 Å². The van der Waals surface area contributed by atoms with E-state index in [2.05, 4.69) is 15.3 Å². The molecule has 0 aromatic carbocycles. The van der Waals surface area contributed by atoms with Gasteiger partial charge < -0.3 is 11.1 Å². The van der Waals surface area contributed by atoms with Gasteiger partial charge in [-0.25, -0.2) is 4.98 Å². The van der Waals surface area contributed by atoms with Crippen molar-refractivity contribution in [2.24, 2.45) is 5.73 Å². The normalized spacial score (nSPS) is 9.78. The summed E-state index contributed by atoms with van der Waals surface area (Å²) in [7, 11) is 0. The topological polar surface area (TPSA) is 98.0 Å². The van der Waals surface area contributed by atoms with E-state index in [9.17, 15) is 9.59 Å². The van der Waals surface area contributed by atoms with Gasteiger partial charge in [0.05, 0.1) is 5.56 Å². The summed E-state index contributed by atoms with van der Waals surface area (Å²) in [5.74, 6) is -0.975. The Morgan fingerprint density at radius 1 is 1.06 bits per heavy atom. The molecule has 0 saturated heterocycles. The molecule has 2 aromatic heterocycles. The van der Waals surface area contributed by atoms with Crippen molar-refractivity contribution in [3.05, 3.63) is 54.0 Å². The zero-order chi connectivity index (χ0) is 13.0. The number of aromatic nitrogens is 2. The third-order valence-corrected chi connectivity index (χ3v) is 2.20. The third kappa shape index (κ3) is 2.49. The van der Waals surface area contributed by atoms with Gasteiger partial charge in [0, 0.05) is 12.4 Å². The second kappa shape index (κ2) is 5.05. The predicted molar refractivity (Wildman–Crippen MR) is 64.9 cm³/mol. The van der Waals surface area contributed by atoms with Crippen LogP contribution in [0, 0.1) is 0 Å². The number of amides is 2. The number of pyridine rings is 2. The molecule has 0 aliphatic carbocycles. The number of hydrogen-bond acceptors (Lipinski definition) is 4. The standard InChI is InChI=1S/C12H10N4O2/c13-10(17)8-4-3-7-15-11(8)16-12(18)9-5-1-2-6-14-9/h1-7H,(H2,13,17)(H,15,16,18). The first-order chi connectivity index (χ1) is 8.68. The zero-order valence-electron chi connectivity index (χ0n) is 9.33. The Bertz CT molecular complexity index is 584. The van der Waals surface area contributed by atoms with Gasteiger partial charge in [0.1, 0.15) is 11.5 Å². The smallest absolute Gasteiger partial charge is 0.275 e. The van der Waals surface area contributed by atoms with E-state index in [0.717, 1.165) is 0 Å². The maximum atomic E-state index is 11.8. The van der Waals surface area contributed by atoms with Crippen LogP contribution in [0.1, 0.15) is 20.8 Å². The van der Waals surface area contributed by atoms with Crippen molar-refractivity contribution >= 4 is 17.6 Å². The van der Waals surface area contributed by atoms with Crippen molar-refractivity contribution in [1.29, 1.82) is 0 Å². The summed E-state index contributed by atoms with van der Waals surface area (Å²) in [5, 5.41) is 2.49. The number of hydrogen-bond donors (Lipinski definition) is 2. The maximum Gasteiger partial charge on any atom is 0.275 e. The average molecular weight is 242 g/mol. The number of nitrogens with one attached hydrogen (secondary N) is 1. The summed E-state index contributed by atoms with van der Waals surface area (Å²) < 4.78 is 0. The van der Waals surface area contributed by atoms with Gasteiger partial charge in [0.25, 0.3) is 11.8 Å². The number of nitrogens with zero attached hydrogens (tertiary/aromatic N) is 2. The molecule has 0 bridgehead atoms. The van der Waals surface area contributed by atoms with E-state index in [0.29, 0.717) is 0 Å². The SMILES string of the molecule is NC(=O)c1cccnc1NC(=O)c1ccccn1. The minimum absolute atomic E-state index is 0.126. The number of primary amides is 1. The summed E-state index contributed by atoms with van der Waals surface area (Å²) in [6.07, 6.45) is 2.96. The Labute approximate surface area is 103 Å². The monoisotopic (exact) mass is 242 g/mol. The molecule has 0 spiro atoms. The molecule has 0 radical (unpaired) electrons. The minimum Gasteiger partial charge on any atom is -0.365 e. The third-order valence-electron chi connectivity index (χ3n) is 2.20. The van der Waals surface area contributed by atoms with Gasteiger partial charge in [-0.05, 0) is 24.3 Å². The number of carbonyl (C=O) groups is 2. The van der Waals surface area contributed by atoms with Crippen LogP contribution >= 0.6 is 0 Å². The van der Waals surface area contributed by atoms with E-state index >= 15 is 0 Å². The Hall–Kier alpha value is -2.76. The second-order valence-electron chi connectivity index (χ2n) is 3.43. The number of rotatable bonds is 3. The van der Waals surface area contributed by atoms with Crippen LogP contribution in [0.5, 0.6) is 0 Å². The molecule has 18 heavy (non-hydrogen) atoms. The molecule has 2 rings (SSSR count). The summed E-state index contributed by atoms with van der Waals surface area (Å²) >= 11 is 0. The second-order valence-corrected chi connectivity index (χ2v) is 3.43. The van der Waals surface area contributed by atoms with Crippen LogP contribution in [0.3, 0.4) is 0 Å². The fourth-order valence-corrected chi connectivity index (χ4v) is 1.37. The van der Waals surface area contributed by atoms with Crippen molar-refractivity contribution in [2.45, 2.75) is 0 Å². The van der Waals surface area contributed by atoms with Crippen LogP contribution in [-0.4, -0.2) is 21.8 Å². The molecule has 0 atom stereocenters. The molecule has 2 heterocycles. The van der Waals surface area contributed by atoms with Crippen LogP contribution in [0.4, 0.5) is 5.82 Å². The van der Waals surface area contributed by atoms with Gasteiger partial charge >= 0.3 is 0 Å². The summed E-state index contributed by atoms with van der Waals surface area (Å²) in [5.41, 5.74) is 5.57. The fraction of sp³-hybridized carbons (Fsp3) is 0. The van der Waals surface area contributed by atoms with E-state index in [1.807, 2.05) is 0 Å². The molecule has 0 unspecified atom stereocenters. The van der Waals surface area contributed by atoms with E-state index in [1.54, 1.807) is 24.3 Å². The Morgan fingerprint density at radius 3 is 2.50 bits per heavy atom. The lowest BCUT2D eigenvalue weighted by Crippen LogP contribution is -2.19. The lowest BCUT2D eigenvalue weighted by molar-refractivity contribution is 0.100. The largest absolute Gasteiger partial charge is 0.365 e. The molecule has 6 nitrogen and oxygen atoms in total. The van der Waals surface area contributed by atoms with Crippen LogP contribution in [0.25, 0.3) is 0 Å². The highest BCUT2D eigenvalue weighted by Gasteiger charge is 2.13. The van der Waals surface area contributed by atoms with Gasteiger partial charge in [0.15, 0.2) is 0 Å². The Balaban J connectivity index is 2.25. The van der Waals surface area contributed by atoms with Gasteiger partial charge in [0.2, 0.25) is 0 Å². The molecule has 0 fully saturated rings. The quantitative estimate of drug-likeness (QED) is 0.832. The van der Waals surface area contributed by atoms with Crippen molar-refractivity contribution < 1.29 is 9.59 Å². The van der Waals surface area contributed by atoms with Crippen LogP contribution in [0.2, 0.25) is 0 Å². The molecule has 2 amide bonds. The summed E-state index contributed by atoms with van der Waals surface area (Å²) in [6, 6.07) is 8.00.